The number of fused-ring (bicyclic) bond motifs is 1. The molecule has 0 N–H and O–H groups in total. The first kappa shape index (κ1) is 16.1. The molecule has 5 heteroatoms. The Morgan fingerprint density at radius 3 is 2.58 bits per heavy atom. The predicted octanol–water partition coefficient (Wildman–Crippen LogP) is 3.21. The molecule has 0 atom stereocenters. The highest BCUT2D eigenvalue weighted by Gasteiger charge is 2.35. The molecule has 1 aliphatic rings. The van der Waals surface area contributed by atoms with Gasteiger partial charge in [0.05, 0.1) is 31.5 Å². The van der Waals surface area contributed by atoms with Gasteiger partial charge in [-0.05, 0) is 36.2 Å². The minimum atomic E-state index is -0.499. The Hall–Kier alpha value is -2.82. The zero-order chi connectivity index (χ0) is 17.1. The maximum atomic E-state index is 12.2. The molecular weight excluding hydrogens is 306 g/mol. The average Bonchev–Trinajstić information content (AvgIpc) is 2.86. The van der Waals surface area contributed by atoms with Crippen LogP contribution in [0.3, 0.4) is 0 Å². The second-order valence-electron chi connectivity index (χ2n) is 5.57. The van der Waals surface area contributed by atoms with Gasteiger partial charge in [-0.15, -0.1) is 0 Å². The van der Waals surface area contributed by atoms with Crippen LogP contribution in [0.1, 0.15) is 29.3 Å². The van der Waals surface area contributed by atoms with E-state index in [4.69, 9.17) is 9.47 Å². The predicted molar refractivity (Wildman–Crippen MR) is 90.7 cm³/mol. The molecule has 24 heavy (non-hydrogen) atoms. The van der Waals surface area contributed by atoms with Crippen molar-refractivity contribution < 1.29 is 19.1 Å². The van der Waals surface area contributed by atoms with Crippen LogP contribution in [0, 0.1) is 0 Å². The highest BCUT2D eigenvalue weighted by Crippen LogP contribution is 2.32. The van der Waals surface area contributed by atoms with Crippen molar-refractivity contribution in [1.29, 1.82) is 0 Å². The van der Waals surface area contributed by atoms with Crippen molar-refractivity contribution in [2.24, 2.45) is 0 Å². The number of nitrogens with zero attached hydrogens (tertiary/aromatic N) is 1. The Kier molecular flexibility index (Phi) is 4.51. The SMILES string of the molecule is CCCOc1ccc(CN2C(=O)C(=O)c3ccccc32)cc1OC. The van der Waals surface area contributed by atoms with Crippen molar-refractivity contribution in [2.75, 3.05) is 18.6 Å². The first-order chi connectivity index (χ1) is 11.7. The van der Waals surface area contributed by atoms with Crippen LogP contribution in [0.2, 0.25) is 0 Å². The van der Waals surface area contributed by atoms with Crippen molar-refractivity contribution in [3.05, 3.63) is 53.6 Å². The lowest BCUT2D eigenvalue weighted by atomic mass is 10.1. The topological polar surface area (TPSA) is 55.8 Å². The molecule has 0 unspecified atom stereocenters. The van der Waals surface area contributed by atoms with Gasteiger partial charge in [-0.1, -0.05) is 25.1 Å². The van der Waals surface area contributed by atoms with Crippen LogP contribution in [0.4, 0.5) is 5.69 Å². The van der Waals surface area contributed by atoms with Crippen LogP contribution in [0.25, 0.3) is 0 Å². The molecule has 0 bridgehead atoms. The highest BCUT2D eigenvalue weighted by molar-refractivity contribution is 6.52. The summed E-state index contributed by atoms with van der Waals surface area (Å²) in [5.74, 6) is 0.335. The van der Waals surface area contributed by atoms with Gasteiger partial charge in [-0.25, -0.2) is 0 Å². The van der Waals surface area contributed by atoms with Gasteiger partial charge in [0.2, 0.25) is 0 Å². The number of hydrogen-bond donors (Lipinski definition) is 0. The maximum Gasteiger partial charge on any atom is 0.299 e. The van der Waals surface area contributed by atoms with Gasteiger partial charge < -0.3 is 14.4 Å². The average molecular weight is 325 g/mol. The Labute approximate surface area is 140 Å². The molecule has 3 rings (SSSR count). The first-order valence-electron chi connectivity index (χ1n) is 7.90. The number of amides is 1. The smallest absolute Gasteiger partial charge is 0.299 e. The minimum Gasteiger partial charge on any atom is -0.493 e. The Morgan fingerprint density at radius 1 is 1.04 bits per heavy atom. The molecule has 1 heterocycles. The quantitative estimate of drug-likeness (QED) is 0.765. The third kappa shape index (κ3) is 2.85. The van der Waals surface area contributed by atoms with E-state index in [1.807, 2.05) is 31.2 Å². The van der Waals surface area contributed by atoms with Crippen molar-refractivity contribution in [3.8, 4) is 11.5 Å². The van der Waals surface area contributed by atoms with Gasteiger partial charge in [0, 0.05) is 0 Å². The van der Waals surface area contributed by atoms with Crippen LogP contribution < -0.4 is 14.4 Å². The fraction of sp³-hybridized carbons (Fsp3) is 0.263. The van der Waals surface area contributed by atoms with Crippen molar-refractivity contribution >= 4 is 17.4 Å². The van der Waals surface area contributed by atoms with Crippen LogP contribution in [-0.2, 0) is 11.3 Å². The first-order valence-corrected chi connectivity index (χ1v) is 7.90. The molecular formula is C19H19NO4. The van der Waals surface area contributed by atoms with E-state index < -0.39 is 11.7 Å². The number of rotatable bonds is 6. The number of hydrogen-bond acceptors (Lipinski definition) is 4. The molecule has 1 aliphatic heterocycles. The number of benzene rings is 2. The van der Waals surface area contributed by atoms with Crippen LogP contribution in [0.15, 0.2) is 42.5 Å². The lowest BCUT2D eigenvalue weighted by Crippen LogP contribution is -2.29. The summed E-state index contributed by atoms with van der Waals surface area (Å²) in [7, 11) is 1.58. The molecule has 0 aliphatic carbocycles. The molecule has 2 aromatic carbocycles. The van der Waals surface area contributed by atoms with Crippen molar-refractivity contribution in [1.82, 2.24) is 0 Å². The van der Waals surface area contributed by atoms with Gasteiger partial charge in [0.25, 0.3) is 11.7 Å². The zero-order valence-electron chi connectivity index (χ0n) is 13.7. The second-order valence-corrected chi connectivity index (χ2v) is 5.57. The lowest BCUT2D eigenvalue weighted by Gasteiger charge is -2.18. The molecule has 0 saturated carbocycles. The van der Waals surface area contributed by atoms with Gasteiger partial charge in [0.1, 0.15) is 0 Å². The molecule has 0 spiro atoms. The van der Waals surface area contributed by atoms with E-state index in [0.717, 1.165) is 12.0 Å². The molecule has 1 amide bonds. The maximum absolute atomic E-state index is 12.2. The van der Waals surface area contributed by atoms with E-state index in [0.29, 0.717) is 35.9 Å². The molecule has 0 saturated heterocycles. The van der Waals surface area contributed by atoms with E-state index in [2.05, 4.69) is 0 Å². The number of ketones is 1. The Bertz CT molecular complexity index is 785. The minimum absolute atomic E-state index is 0.312. The van der Waals surface area contributed by atoms with Crippen LogP contribution in [-0.4, -0.2) is 25.4 Å². The molecule has 5 nitrogen and oxygen atoms in total. The largest absolute Gasteiger partial charge is 0.493 e. The van der Waals surface area contributed by atoms with Crippen LogP contribution in [0.5, 0.6) is 11.5 Å². The Balaban J connectivity index is 1.86. The third-order valence-electron chi connectivity index (χ3n) is 3.91. The van der Waals surface area contributed by atoms with E-state index in [-0.39, 0.29) is 0 Å². The van der Waals surface area contributed by atoms with E-state index in [1.165, 1.54) is 4.90 Å². The van der Waals surface area contributed by atoms with E-state index in [9.17, 15) is 9.59 Å². The highest BCUT2D eigenvalue weighted by atomic mass is 16.5. The fourth-order valence-electron chi connectivity index (χ4n) is 2.73. The van der Waals surface area contributed by atoms with E-state index >= 15 is 0 Å². The summed E-state index contributed by atoms with van der Waals surface area (Å²) in [6.07, 6.45) is 0.909. The molecule has 0 aromatic heterocycles. The van der Waals surface area contributed by atoms with Gasteiger partial charge in [-0.2, -0.15) is 0 Å². The summed E-state index contributed by atoms with van der Waals surface area (Å²) >= 11 is 0. The third-order valence-corrected chi connectivity index (χ3v) is 3.91. The number of para-hydroxylation sites is 1. The molecule has 0 radical (unpaired) electrons. The van der Waals surface area contributed by atoms with Gasteiger partial charge >= 0.3 is 0 Å². The summed E-state index contributed by atoms with van der Waals surface area (Å²) in [5.41, 5.74) is 1.98. The zero-order valence-corrected chi connectivity index (χ0v) is 13.7. The number of carbonyl (C=O) groups excluding carboxylic acids is 2. The fourth-order valence-corrected chi connectivity index (χ4v) is 2.73. The monoisotopic (exact) mass is 325 g/mol. The van der Waals surface area contributed by atoms with Crippen LogP contribution >= 0.6 is 0 Å². The van der Waals surface area contributed by atoms with Gasteiger partial charge in [-0.3, -0.25) is 9.59 Å². The number of anilines is 1. The Morgan fingerprint density at radius 2 is 1.83 bits per heavy atom. The van der Waals surface area contributed by atoms with E-state index in [1.54, 1.807) is 25.3 Å². The molecule has 2 aromatic rings. The molecule has 0 fully saturated rings. The standard InChI is InChI=1S/C19H19NO4/c1-3-10-24-16-9-8-13(11-17(16)23-2)12-20-15-7-5-4-6-14(15)18(21)19(20)22/h4-9,11H,3,10,12H2,1-2H3. The number of Topliss-reactive ketones (excluding diaryl/α,β-unsaturated/α-hetero) is 1. The number of carbonyl (C=O) groups is 2. The summed E-state index contributed by atoms with van der Waals surface area (Å²) in [5, 5.41) is 0. The number of methoxy groups -OCH3 is 1. The van der Waals surface area contributed by atoms with Crippen molar-refractivity contribution in [2.45, 2.75) is 19.9 Å². The lowest BCUT2D eigenvalue weighted by molar-refractivity contribution is -0.114. The summed E-state index contributed by atoms with van der Waals surface area (Å²) in [6, 6.07) is 12.6. The summed E-state index contributed by atoms with van der Waals surface area (Å²) in [6.45, 7) is 2.96. The normalized spacial score (nSPS) is 13.2. The number of ether oxygens (including phenoxy) is 2. The molecule has 124 valence electrons. The summed E-state index contributed by atoms with van der Waals surface area (Å²) < 4.78 is 11.0. The second kappa shape index (κ2) is 6.74. The summed E-state index contributed by atoms with van der Waals surface area (Å²) in [4.78, 5) is 25.8. The van der Waals surface area contributed by atoms with Crippen molar-refractivity contribution in [3.63, 3.8) is 0 Å². The van der Waals surface area contributed by atoms with Gasteiger partial charge in [0.15, 0.2) is 11.5 Å².